The van der Waals surface area contributed by atoms with Crippen LogP contribution in [0, 0.1) is 12.8 Å². The molecule has 0 bridgehead atoms. The van der Waals surface area contributed by atoms with Gasteiger partial charge in [-0.05, 0) is 59.3 Å². The molecular weight excluding hydrogens is 318 g/mol. The SMILES string of the molecule is Cc1ccc(OCC(=O)N[C@H]2CCCC[C@H]2C)c(Br)c1. The molecule has 0 unspecified atom stereocenters. The lowest BCUT2D eigenvalue weighted by Gasteiger charge is -2.29. The molecule has 1 aromatic rings. The van der Waals surface area contributed by atoms with Gasteiger partial charge in [0, 0.05) is 6.04 Å². The topological polar surface area (TPSA) is 38.3 Å². The molecule has 2 rings (SSSR count). The summed E-state index contributed by atoms with van der Waals surface area (Å²) in [6.07, 6.45) is 4.77. The van der Waals surface area contributed by atoms with Crippen LogP contribution in [0.3, 0.4) is 0 Å². The van der Waals surface area contributed by atoms with Gasteiger partial charge in [0.2, 0.25) is 0 Å². The zero-order valence-corrected chi connectivity index (χ0v) is 13.7. The van der Waals surface area contributed by atoms with Crippen LogP contribution in [0.4, 0.5) is 0 Å². The summed E-state index contributed by atoms with van der Waals surface area (Å²) < 4.78 is 6.46. The molecule has 0 spiro atoms. The molecule has 3 nitrogen and oxygen atoms in total. The van der Waals surface area contributed by atoms with E-state index < -0.39 is 0 Å². The Hall–Kier alpha value is -1.03. The third-order valence-corrected chi connectivity index (χ3v) is 4.52. The third-order valence-electron chi connectivity index (χ3n) is 3.90. The fourth-order valence-corrected chi connectivity index (χ4v) is 3.25. The Kier molecular flexibility index (Phi) is 5.46. The molecule has 0 heterocycles. The van der Waals surface area contributed by atoms with Crippen molar-refractivity contribution < 1.29 is 9.53 Å². The second kappa shape index (κ2) is 7.11. The smallest absolute Gasteiger partial charge is 0.258 e. The number of carbonyl (C=O) groups is 1. The molecular formula is C16H22BrNO2. The number of amides is 1. The van der Waals surface area contributed by atoms with E-state index >= 15 is 0 Å². The second-order valence-corrected chi connectivity index (χ2v) is 6.51. The molecule has 1 N–H and O–H groups in total. The minimum absolute atomic E-state index is 0.0313. The van der Waals surface area contributed by atoms with Crippen LogP contribution in [-0.2, 0) is 4.79 Å². The zero-order valence-electron chi connectivity index (χ0n) is 12.1. The van der Waals surface area contributed by atoms with Gasteiger partial charge in [-0.1, -0.05) is 25.8 Å². The fraction of sp³-hybridized carbons (Fsp3) is 0.562. The number of halogens is 1. The lowest BCUT2D eigenvalue weighted by Crippen LogP contribution is -2.43. The molecule has 2 atom stereocenters. The Morgan fingerprint density at radius 2 is 2.15 bits per heavy atom. The van der Waals surface area contributed by atoms with E-state index in [1.807, 2.05) is 25.1 Å². The number of hydrogen-bond donors (Lipinski definition) is 1. The van der Waals surface area contributed by atoms with Crippen molar-refractivity contribution in [3.8, 4) is 5.75 Å². The van der Waals surface area contributed by atoms with Gasteiger partial charge in [-0.15, -0.1) is 0 Å². The van der Waals surface area contributed by atoms with Gasteiger partial charge in [0.15, 0.2) is 6.61 Å². The van der Waals surface area contributed by atoms with Gasteiger partial charge in [0.1, 0.15) is 5.75 Å². The minimum Gasteiger partial charge on any atom is -0.483 e. The second-order valence-electron chi connectivity index (χ2n) is 5.66. The highest BCUT2D eigenvalue weighted by molar-refractivity contribution is 9.10. The maximum absolute atomic E-state index is 12.0. The van der Waals surface area contributed by atoms with Crippen molar-refractivity contribution in [2.24, 2.45) is 5.92 Å². The van der Waals surface area contributed by atoms with Crippen molar-refractivity contribution in [3.63, 3.8) is 0 Å². The van der Waals surface area contributed by atoms with E-state index in [0.29, 0.717) is 17.7 Å². The fourth-order valence-electron chi connectivity index (χ4n) is 2.65. The molecule has 1 amide bonds. The first-order chi connectivity index (χ1) is 9.56. The number of aryl methyl sites for hydroxylation is 1. The largest absolute Gasteiger partial charge is 0.483 e. The van der Waals surface area contributed by atoms with E-state index in [1.54, 1.807) is 0 Å². The van der Waals surface area contributed by atoms with Gasteiger partial charge < -0.3 is 10.1 Å². The molecule has 0 radical (unpaired) electrons. The van der Waals surface area contributed by atoms with Crippen LogP contribution in [0.25, 0.3) is 0 Å². The van der Waals surface area contributed by atoms with Crippen molar-refractivity contribution in [2.75, 3.05) is 6.61 Å². The maximum atomic E-state index is 12.0. The summed E-state index contributed by atoms with van der Waals surface area (Å²) in [7, 11) is 0. The maximum Gasteiger partial charge on any atom is 0.258 e. The first kappa shape index (κ1) is 15.4. The van der Waals surface area contributed by atoms with Crippen LogP contribution in [0.15, 0.2) is 22.7 Å². The third kappa shape index (κ3) is 4.23. The van der Waals surface area contributed by atoms with Crippen molar-refractivity contribution in [3.05, 3.63) is 28.2 Å². The molecule has 4 heteroatoms. The van der Waals surface area contributed by atoms with Crippen molar-refractivity contribution >= 4 is 21.8 Å². The van der Waals surface area contributed by atoms with Crippen LogP contribution >= 0.6 is 15.9 Å². The van der Waals surface area contributed by atoms with Gasteiger partial charge >= 0.3 is 0 Å². The van der Waals surface area contributed by atoms with E-state index in [4.69, 9.17) is 4.74 Å². The highest BCUT2D eigenvalue weighted by Crippen LogP contribution is 2.26. The highest BCUT2D eigenvalue weighted by atomic mass is 79.9. The lowest BCUT2D eigenvalue weighted by atomic mass is 9.86. The van der Waals surface area contributed by atoms with Crippen LogP contribution < -0.4 is 10.1 Å². The number of nitrogens with one attached hydrogen (secondary N) is 1. The summed E-state index contributed by atoms with van der Waals surface area (Å²) >= 11 is 3.45. The normalized spacial score (nSPS) is 22.4. The molecule has 110 valence electrons. The molecule has 0 saturated heterocycles. The predicted octanol–water partition coefficient (Wildman–Crippen LogP) is 3.83. The number of rotatable bonds is 4. The predicted molar refractivity (Wildman–Crippen MR) is 83.9 cm³/mol. The van der Waals surface area contributed by atoms with Crippen molar-refractivity contribution in [2.45, 2.75) is 45.6 Å². The number of carbonyl (C=O) groups excluding carboxylic acids is 1. The zero-order chi connectivity index (χ0) is 14.5. The van der Waals surface area contributed by atoms with Gasteiger partial charge in [-0.3, -0.25) is 4.79 Å². The van der Waals surface area contributed by atoms with E-state index in [-0.39, 0.29) is 12.5 Å². The molecule has 1 saturated carbocycles. The molecule has 1 fully saturated rings. The molecule has 0 aliphatic heterocycles. The molecule has 1 aromatic carbocycles. The van der Waals surface area contributed by atoms with Crippen LogP contribution in [0.2, 0.25) is 0 Å². The molecule has 1 aliphatic rings. The van der Waals surface area contributed by atoms with Crippen molar-refractivity contribution in [1.82, 2.24) is 5.32 Å². The molecule has 0 aromatic heterocycles. The summed E-state index contributed by atoms with van der Waals surface area (Å²) in [5, 5.41) is 3.09. The van der Waals surface area contributed by atoms with Gasteiger partial charge in [0.05, 0.1) is 4.47 Å². The first-order valence-electron chi connectivity index (χ1n) is 7.24. The number of benzene rings is 1. The average Bonchev–Trinajstić information content (AvgIpc) is 2.40. The van der Waals surface area contributed by atoms with Crippen molar-refractivity contribution in [1.29, 1.82) is 0 Å². The highest BCUT2D eigenvalue weighted by Gasteiger charge is 2.22. The average molecular weight is 340 g/mol. The first-order valence-corrected chi connectivity index (χ1v) is 8.04. The number of hydrogen-bond acceptors (Lipinski definition) is 2. The summed E-state index contributed by atoms with van der Waals surface area (Å²) in [4.78, 5) is 12.0. The Morgan fingerprint density at radius 1 is 1.40 bits per heavy atom. The van der Waals surface area contributed by atoms with E-state index in [1.165, 1.54) is 19.3 Å². The Bertz CT molecular complexity index is 476. The van der Waals surface area contributed by atoms with Crippen LogP contribution in [-0.4, -0.2) is 18.6 Å². The van der Waals surface area contributed by atoms with E-state index in [9.17, 15) is 4.79 Å². The Balaban J connectivity index is 1.82. The minimum atomic E-state index is -0.0313. The summed E-state index contributed by atoms with van der Waals surface area (Å²) in [6.45, 7) is 4.30. The summed E-state index contributed by atoms with van der Waals surface area (Å²) in [6, 6.07) is 6.15. The number of ether oxygens (including phenoxy) is 1. The summed E-state index contributed by atoms with van der Waals surface area (Å²) in [5.41, 5.74) is 1.16. The quantitative estimate of drug-likeness (QED) is 0.905. The monoisotopic (exact) mass is 339 g/mol. The van der Waals surface area contributed by atoms with Crippen LogP contribution in [0.5, 0.6) is 5.75 Å². The van der Waals surface area contributed by atoms with Gasteiger partial charge in [-0.25, -0.2) is 0 Å². The molecule has 20 heavy (non-hydrogen) atoms. The Morgan fingerprint density at radius 3 is 2.85 bits per heavy atom. The summed E-state index contributed by atoms with van der Waals surface area (Å²) in [5.74, 6) is 1.25. The van der Waals surface area contributed by atoms with E-state index in [0.717, 1.165) is 16.5 Å². The van der Waals surface area contributed by atoms with Gasteiger partial charge in [-0.2, -0.15) is 0 Å². The molecule has 1 aliphatic carbocycles. The van der Waals surface area contributed by atoms with Gasteiger partial charge in [0.25, 0.3) is 5.91 Å². The standard InChI is InChI=1S/C16H22BrNO2/c1-11-7-8-15(13(17)9-11)20-10-16(19)18-14-6-4-3-5-12(14)2/h7-9,12,14H,3-6,10H2,1-2H3,(H,18,19)/t12-,14+/m1/s1. The Labute approximate surface area is 129 Å². The van der Waals surface area contributed by atoms with Crippen LogP contribution in [0.1, 0.15) is 38.2 Å². The van der Waals surface area contributed by atoms with E-state index in [2.05, 4.69) is 28.2 Å². The lowest BCUT2D eigenvalue weighted by molar-refractivity contribution is -0.124.